The normalized spacial score (nSPS) is 10.4. The average molecular weight is 336 g/mol. The van der Waals surface area contributed by atoms with Crippen LogP contribution in [0.25, 0.3) is 11.1 Å². The third-order valence-electron chi connectivity index (χ3n) is 3.30. The molecular weight excluding hydrogens is 318 g/mol. The van der Waals surface area contributed by atoms with E-state index < -0.39 is 0 Å². The number of nitrogens with two attached hydrogens (primary N) is 1. The summed E-state index contributed by atoms with van der Waals surface area (Å²) in [5, 5.41) is 0. The molecule has 0 amide bonds. The number of aryl methyl sites for hydroxylation is 1. The Kier molecular flexibility index (Phi) is 4.68. The number of hydrogen-bond donors (Lipinski definition) is 1. The second kappa shape index (κ2) is 6.29. The summed E-state index contributed by atoms with van der Waals surface area (Å²) in [6.07, 6.45) is 0. The smallest absolute Gasteiger partial charge is 0.144 e. The van der Waals surface area contributed by atoms with Crippen molar-refractivity contribution < 1.29 is 9.47 Å². The molecule has 0 bridgehead atoms. The Bertz CT molecular complexity index is 626. The van der Waals surface area contributed by atoms with E-state index in [-0.39, 0.29) is 0 Å². The number of hydrogen-bond acceptors (Lipinski definition) is 3. The summed E-state index contributed by atoms with van der Waals surface area (Å²) in [5.74, 6) is 1.52. The number of halogens is 1. The number of benzene rings is 2. The highest BCUT2D eigenvalue weighted by atomic mass is 79.9. The van der Waals surface area contributed by atoms with Crippen molar-refractivity contribution in [3.05, 3.63) is 45.9 Å². The van der Waals surface area contributed by atoms with Crippen molar-refractivity contribution in [2.75, 3.05) is 14.2 Å². The monoisotopic (exact) mass is 335 g/mol. The van der Waals surface area contributed by atoms with Crippen LogP contribution in [-0.2, 0) is 6.54 Å². The van der Waals surface area contributed by atoms with E-state index in [1.165, 1.54) is 5.56 Å². The molecule has 2 aromatic rings. The Labute approximate surface area is 127 Å². The third-order valence-corrected chi connectivity index (χ3v) is 4.05. The first-order chi connectivity index (χ1) is 9.62. The van der Waals surface area contributed by atoms with Crippen LogP contribution in [0.2, 0.25) is 0 Å². The Balaban J connectivity index is 2.61. The molecule has 0 saturated heterocycles. The van der Waals surface area contributed by atoms with Gasteiger partial charge in [-0.25, -0.2) is 0 Å². The lowest BCUT2D eigenvalue weighted by Gasteiger charge is -2.15. The van der Waals surface area contributed by atoms with Gasteiger partial charge in [0.25, 0.3) is 0 Å². The summed E-state index contributed by atoms with van der Waals surface area (Å²) >= 11 is 3.53. The van der Waals surface area contributed by atoms with E-state index in [4.69, 9.17) is 15.2 Å². The Hall–Kier alpha value is -1.52. The van der Waals surface area contributed by atoms with Crippen molar-refractivity contribution >= 4 is 15.9 Å². The van der Waals surface area contributed by atoms with Crippen molar-refractivity contribution in [2.45, 2.75) is 13.5 Å². The van der Waals surface area contributed by atoms with Crippen LogP contribution in [-0.4, -0.2) is 14.2 Å². The molecular formula is C16H18BrNO2. The molecule has 4 heteroatoms. The molecule has 0 heterocycles. The molecule has 3 nitrogen and oxygen atoms in total. The lowest BCUT2D eigenvalue weighted by Crippen LogP contribution is -1.98. The predicted molar refractivity (Wildman–Crippen MR) is 85.3 cm³/mol. The first-order valence-corrected chi connectivity index (χ1v) is 7.12. The molecule has 0 atom stereocenters. The van der Waals surface area contributed by atoms with Gasteiger partial charge >= 0.3 is 0 Å². The van der Waals surface area contributed by atoms with Crippen LogP contribution >= 0.6 is 15.9 Å². The number of rotatable bonds is 4. The largest absolute Gasteiger partial charge is 0.495 e. The standard InChI is InChI=1S/C16H18BrNO2/c1-10-8-11(9-18)4-5-12(10)13-6-7-14(19-2)15(17)16(13)20-3/h4-8H,9,18H2,1-3H3. The van der Waals surface area contributed by atoms with Crippen LogP contribution in [0, 0.1) is 6.92 Å². The topological polar surface area (TPSA) is 44.5 Å². The van der Waals surface area contributed by atoms with E-state index in [1.54, 1.807) is 14.2 Å². The maximum Gasteiger partial charge on any atom is 0.144 e. The summed E-state index contributed by atoms with van der Waals surface area (Å²) in [7, 11) is 3.30. The molecule has 0 aliphatic heterocycles. The average Bonchev–Trinajstić information content (AvgIpc) is 2.46. The molecule has 2 N–H and O–H groups in total. The van der Waals surface area contributed by atoms with Crippen molar-refractivity contribution in [1.82, 2.24) is 0 Å². The SMILES string of the molecule is COc1ccc(-c2ccc(CN)cc2C)c(OC)c1Br. The number of methoxy groups -OCH3 is 2. The molecule has 0 saturated carbocycles. The van der Waals surface area contributed by atoms with Crippen LogP contribution in [0.3, 0.4) is 0 Å². The summed E-state index contributed by atoms with van der Waals surface area (Å²) in [6, 6.07) is 10.2. The molecule has 2 aromatic carbocycles. The first kappa shape index (κ1) is 14.9. The Morgan fingerprint density at radius 3 is 2.30 bits per heavy atom. The van der Waals surface area contributed by atoms with Gasteiger partial charge in [0.05, 0.1) is 14.2 Å². The second-order valence-corrected chi connectivity index (χ2v) is 5.31. The van der Waals surface area contributed by atoms with Crippen LogP contribution in [0.1, 0.15) is 11.1 Å². The van der Waals surface area contributed by atoms with Crippen LogP contribution in [0.15, 0.2) is 34.8 Å². The van der Waals surface area contributed by atoms with Crippen LogP contribution in [0.4, 0.5) is 0 Å². The van der Waals surface area contributed by atoms with Crippen LogP contribution in [0.5, 0.6) is 11.5 Å². The molecule has 0 aromatic heterocycles. The fourth-order valence-electron chi connectivity index (χ4n) is 2.26. The molecule has 106 valence electrons. The maximum atomic E-state index is 5.68. The van der Waals surface area contributed by atoms with Gasteiger partial charge in [-0.2, -0.15) is 0 Å². The number of ether oxygens (including phenoxy) is 2. The molecule has 20 heavy (non-hydrogen) atoms. The van der Waals surface area contributed by atoms with E-state index in [1.807, 2.05) is 18.2 Å². The van der Waals surface area contributed by atoms with Crippen LogP contribution < -0.4 is 15.2 Å². The molecule has 0 fully saturated rings. The Morgan fingerprint density at radius 2 is 1.75 bits per heavy atom. The Morgan fingerprint density at radius 1 is 1.05 bits per heavy atom. The first-order valence-electron chi connectivity index (χ1n) is 6.32. The second-order valence-electron chi connectivity index (χ2n) is 4.52. The summed E-state index contributed by atoms with van der Waals surface area (Å²) in [4.78, 5) is 0. The van der Waals surface area contributed by atoms with Gasteiger partial charge in [0, 0.05) is 12.1 Å². The van der Waals surface area contributed by atoms with Crippen molar-refractivity contribution in [2.24, 2.45) is 5.73 Å². The summed E-state index contributed by atoms with van der Waals surface area (Å²) < 4.78 is 11.7. The maximum absolute atomic E-state index is 5.68. The molecule has 0 aliphatic rings. The highest BCUT2D eigenvalue weighted by molar-refractivity contribution is 9.10. The van der Waals surface area contributed by atoms with Gasteiger partial charge in [0.15, 0.2) is 0 Å². The zero-order chi connectivity index (χ0) is 14.7. The molecule has 2 rings (SSSR count). The van der Waals surface area contributed by atoms with Gasteiger partial charge < -0.3 is 15.2 Å². The summed E-state index contributed by atoms with van der Waals surface area (Å²) in [5.41, 5.74) is 10.1. The quantitative estimate of drug-likeness (QED) is 0.921. The molecule has 0 spiro atoms. The van der Waals surface area contributed by atoms with Gasteiger partial charge in [-0.05, 0) is 51.7 Å². The highest BCUT2D eigenvalue weighted by Crippen LogP contribution is 2.42. The molecule has 0 unspecified atom stereocenters. The van der Waals surface area contributed by atoms with Gasteiger partial charge in [-0.15, -0.1) is 0 Å². The van der Waals surface area contributed by atoms with E-state index in [2.05, 4.69) is 35.0 Å². The fraction of sp³-hybridized carbons (Fsp3) is 0.250. The van der Waals surface area contributed by atoms with E-state index in [0.717, 1.165) is 32.7 Å². The lowest BCUT2D eigenvalue weighted by molar-refractivity contribution is 0.390. The van der Waals surface area contributed by atoms with Gasteiger partial charge in [-0.1, -0.05) is 18.2 Å². The molecule has 0 aliphatic carbocycles. The third kappa shape index (κ3) is 2.67. The minimum absolute atomic E-state index is 0.546. The zero-order valence-electron chi connectivity index (χ0n) is 11.9. The van der Waals surface area contributed by atoms with E-state index in [0.29, 0.717) is 6.54 Å². The van der Waals surface area contributed by atoms with Crippen molar-refractivity contribution in [3.8, 4) is 22.6 Å². The van der Waals surface area contributed by atoms with Crippen molar-refractivity contribution in [3.63, 3.8) is 0 Å². The molecule has 0 radical (unpaired) electrons. The minimum Gasteiger partial charge on any atom is -0.495 e. The van der Waals surface area contributed by atoms with Gasteiger partial charge in [-0.3, -0.25) is 0 Å². The fourth-order valence-corrected chi connectivity index (χ4v) is 2.93. The van der Waals surface area contributed by atoms with E-state index >= 15 is 0 Å². The summed E-state index contributed by atoms with van der Waals surface area (Å²) in [6.45, 7) is 2.62. The van der Waals surface area contributed by atoms with E-state index in [9.17, 15) is 0 Å². The van der Waals surface area contributed by atoms with Gasteiger partial charge in [0.1, 0.15) is 16.0 Å². The highest BCUT2D eigenvalue weighted by Gasteiger charge is 2.15. The van der Waals surface area contributed by atoms with Gasteiger partial charge in [0.2, 0.25) is 0 Å². The zero-order valence-corrected chi connectivity index (χ0v) is 13.5. The predicted octanol–water partition coefficient (Wildman–Crippen LogP) is 3.90. The van der Waals surface area contributed by atoms with Crippen molar-refractivity contribution in [1.29, 1.82) is 0 Å². The minimum atomic E-state index is 0.546. The lowest BCUT2D eigenvalue weighted by atomic mass is 9.97.